The summed E-state index contributed by atoms with van der Waals surface area (Å²) >= 11 is 1.53. The van der Waals surface area contributed by atoms with Gasteiger partial charge in [-0.2, -0.15) is 0 Å². The van der Waals surface area contributed by atoms with Gasteiger partial charge in [0.2, 0.25) is 0 Å². The van der Waals surface area contributed by atoms with Crippen LogP contribution in [0.1, 0.15) is 17.7 Å². The highest BCUT2D eigenvalue weighted by Gasteiger charge is 2.42. The van der Waals surface area contributed by atoms with E-state index in [-0.39, 0.29) is 12.0 Å². The van der Waals surface area contributed by atoms with Crippen molar-refractivity contribution in [2.24, 2.45) is 5.41 Å². The summed E-state index contributed by atoms with van der Waals surface area (Å²) in [4.78, 5) is 24.0. The van der Waals surface area contributed by atoms with E-state index in [1.807, 2.05) is 17.5 Å². The molecular formula is C12H16N2O3S. The van der Waals surface area contributed by atoms with E-state index in [4.69, 9.17) is 5.11 Å². The smallest absolute Gasteiger partial charge is 0.309 e. The number of hydrogen-bond acceptors (Lipinski definition) is 4. The molecule has 0 aromatic carbocycles. The van der Waals surface area contributed by atoms with Gasteiger partial charge in [-0.15, -0.1) is 11.3 Å². The van der Waals surface area contributed by atoms with Gasteiger partial charge in [0.1, 0.15) is 0 Å². The van der Waals surface area contributed by atoms with E-state index in [0.29, 0.717) is 13.1 Å². The van der Waals surface area contributed by atoms with E-state index >= 15 is 0 Å². The molecule has 1 aromatic heterocycles. The van der Waals surface area contributed by atoms with Crippen molar-refractivity contribution < 1.29 is 14.7 Å². The number of thiophene rings is 1. The van der Waals surface area contributed by atoms with Crippen molar-refractivity contribution in [3.05, 3.63) is 22.4 Å². The average molecular weight is 268 g/mol. The molecule has 1 aliphatic carbocycles. The van der Waals surface area contributed by atoms with Crippen LogP contribution in [0.3, 0.4) is 0 Å². The second-order valence-corrected chi connectivity index (χ2v) is 5.64. The Morgan fingerprint density at radius 2 is 2.06 bits per heavy atom. The molecule has 1 aliphatic rings. The number of rotatable bonds is 5. The first-order chi connectivity index (χ1) is 8.65. The second-order valence-electron chi connectivity index (χ2n) is 4.60. The third-order valence-corrected chi connectivity index (χ3v) is 4.00. The van der Waals surface area contributed by atoms with Crippen LogP contribution in [0.15, 0.2) is 17.5 Å². The molecule has 1 heterocycles. The van der Waals surface area contributed by atoms with Crippen LogP contribution in [0.25, 0.3) is 0 Å². The van der Waals surface area contributed by atoms with E-state index in [1.54, 1.807) is 0 Å². The fourth-order valence-electron chi connectivity index (χ4n) is 1.58. The lowest BCUT2D eigenvalue weighted by molar-refractivity contribution is -0.139. The number of carbonyl (C=O) groups excluding carboxylic acids is 2. The zero-order chi connectivity index (χ0) is 13.0. The monoisotopic (exact) mass is 268 g/mol. The van der Waals surface area contributed by atoms with E-state index in [2.05, 4.69) is 10.6 Å². The van der Waals surface area contributed by atoms with E-state index in [9.17, 15) is 9.59 Å². The van der Waals surface area contributed by atoms with Gasteiger partial charge in [0.05, 0.1) is 13.2 Å². The van der Waals surface area contributed by atoms with Crippen molar-refractivity contribution >= 4 is 23.2 Å². The Morgan fingerprint density at radius 1 is 1.33 bits per heavy atom. The van der Waals surface area contributed by atoms with Crippen molar-refractivity contribution in [2.75, 3.05) is 13.2 Å². The lowest BCUT2D eigenvalue weighted by atomic mass is 10.1. The second kappa shape index (κ2) is 5.49. The predicted molar refractivity (Wildman–Crippen MR) is 67.9 cm³/mol. The Labute approximate surface area is 109 Å². The van der Waals surface area contributed by atoms with Gasteiger partial charge < -0.3 is 15.7 Å². The van der Waals surface area contributed by atoms with Gasteiger partial charge in [-0.1, -0.05) is 6.07 Å². The van der Waals surface area contributed by atoms with Crippen LogP contribution in [0.5, 0.6) is 0 Å². The summed E-state index contributed by atoms with van der Waals surface area (Å²) in [7, 11) is 0. The molecule has 1 saturated carbocycles. The van der Waals surface area contributed by atoms with Crippen molar-refractivity contribution in [3.8, 4) is 0 Å². The minimum atomic E-state index is -0.633. The number of nitrogens with one attached hydrogen (secondary N) is 2. The van der Waals surface area contributed by atoms with Gasteiger partial charge >= 0.3 is 11.8 Å². The Morgan fingerprint density at radius 3 is 2.61 bits per heavy atom. The molecule has 2 rings (SSSR count). The maximum Gasteiger partial charge on any atom is 0.309 e. The summed E-state index contributed by atoms with van der Waals surface area (Å²) in [5.41, 5.74) is -0.177. The summed E-state index contributed by atoms with van der Waals surface area (Å²) in [5, 5.41) is 16.1. The first kappa shape index (κ1) is 13.0. The standard InChI is InChI=1S/C12H16N2O3S/c15-8-12(3-4-12)7-14-11(17)10(16)13-6-9-2-1-5-18-9/h1-2,5,15H,3-4,6-8H2,(H,13,16)(H,14,17). The number of aliphatic hydroxyl groups is 1. The summed E-state index contributed by atoms with van der Waals surface area (Å²) in [6.07, 6.45) is 1.81. The van der Waals surface area contributed by atoms with Gasteiger partial charge in [-0.05, 0) is 24.3 Å². The van der Waals surface area contributed by atoms with Crippen molar-refractivity contribution in [2.45, 2.75) is 19.4 Å². The zero-order valence-corrected chi connectivity index (χ0v) is 10.8. The van der Waals surface area contributed by atoms with Gasteiger partial charge in [0.15, 0.2) is 0 Å². The SMILES string of the molecule is O=C(NCc1cccs1)C(=O)NCC1(CO)CC1. The summed E-state index contributed by atoms with van der Waals surface area (Å²) in [5.74, 6) is -1.26. The van der Waals surface area contributed by atoms with Crippen molar-refractivity contribution in [1.29, 1.82) is 0 Å². The normalized spacial score (nSPS) is 16.1. The molecule has 0 aliphatic heterocycles. The quantitative estimate of drug-likeness (QED) is 0.670. The molecule has 5 nitrogen and oxygen atoms in total. The third-order valence-electron chi connectivity index (χ3n) is 3.13. The van der Waals surface area contributed by atoms with Gasteiger partial charge in [0.25, 0.3) is 0 Å². The summed E-state index contributed by atoms with van der Waals surface area (Å²) in [6.45, 7) is 0.800. The third kappa shape index (κ3) is 3.30. The molecule has 1 fully saturated rings. The molecule has 0 radical (unpaired) electrons. The maximum absolute atomic E-state index is 11.5. The molecular weight excluding hydrogens is 252 g/mol. The Bertz CT molecular complexity index is 427. The van der Waals surface area contributed by atoms with Crippen molar-refractivity contribution in [3.63, 3.8) is 0 Å². The molecule has 18 heavy (non-hydrogen) atoms. The van der Waals surface area contributed by atoms with Gasteiger partial charge in [0, 0.05) is 16.8 Å². The predicted octanol–water partition coefficient (Wildman–Crippen LogP) is 0.253. The van der Waals surface area contributed by atoms with Crippen LogP contribution < -0.4 is 10.6 Å². The minimum Gasteiger partial charge on any atom is -0.396 e. The van der Waals surface area contributed by atoms with Crippen LogP contribution in [0, 0.1) is 5.41 Å². The fraction of sp³-hybridized carbons (Fsp3) is 0.500. The molecule has 98 valence electrons. The largest absolute Gasteiger partial charge is 0.396 e. The minimum absolute atomic E-state index is 0.0596. The van der Waals surface area contributed by atoms with Crippen LogP contribution in [0.4, 0.5) is 0 Å². The van der Waals surface area contributed by atoms with Gasteiger partial charge in [-0.25, -0.2) is 0 Å². The van der Waals surface area contributed by atoms with E-state index in [0.717, 1.165) is 17.7 Å². The van der Waals surface area contributed by atoms with Crippen LogP contribution in [-0.4, -0.2) is 30.1 Å². The molecule has 6 heteroatoms. The number of aliphatic hydroxyl groups excluding tert-OH is 1. The first-order valence-corrected chi connectivity index (χ1v) is 6.72. The maximum atomic E-state index is 11.5. The highest BCUT2D eigenvalue weighted by molar-refractivity contribution is 7.09. The van der Waals surface area contributed by atoms with E-state index in [1.165, 1.54) is 11.3 Å². The number of hydrogen-bond donors (Lipinski definition) is 3. The lowest BCUT2D eigenvalue weighted by Gasteiger charge is -2.12. The number of carbonyl (C=O) groups is 2. The molecule has 0 bridgehead atoms. The first-order valence-electron chi connectivity index (χ1n) is 5.84. The summed E-state index contributed by atoms with van der Waals surface area (Å²) < 4.78 is 0. The fourth-order valence-corrected chi connectivity index (χ4v) is 2.22. The average Bonchev–Trinajstić information content (AvgIpc) is 2.99. The molecule has 2 amide bonds. The van der Waals surface area contributed by atoms with Crippen LogP contribution in [-0.2, 0) is 16.1 Å². The molecule has 3 N–H and O–H groups in total. The molecule has 1 aromatic rings. The highest BCUT2D eigenvalue weighted by Crippen LogP contribution is 2.44. The lowest BCUT2D eigenvalue weighted by Crippen LogP contribution is -2.42. The Kier molecular flexibility index (Phi) is 3.98. The highest BCUT2D eigenvalue weighted by atomic mass is 32.1. The van der Waals surface area contributed by atoms with E-state index < -0.39 is 11.8 Å². The summed E-state index contributed by atoms with van der Waals surface area (Å²) in [6, 6.07) is 3.79. The van der Waals surface area contributed by atoms with Crippen LogP contribution >= 0.6 is 11.3 Å². The zero-order valence-electron chi connectivity index (χ0n) is 9.94. The Hall–Kier alpha value is -1.40. The molecule has 0 unspecified atom stereocenters. The molecule has 0 spiro atoms. The Balaban J connectivity index is 1.70. The van der Waals surface area contributed by atoms with Crippen molar-refractivity contribution in [1.82, 2.24) is 10.6 Å². The molecule has 0 atom stereocenters. The number of amides is 2. The topological polar surface area (TPSA) is 78.4 Å². The van der Waals surface area contributed by atoms with Crippen LogP contribution in [0.2, 0.25) is 0 Å². The van der Waals surface area contributed by atoms with Gasteiger partial charge in [-0.3, -0.25) is 9.59 Å². The molecule has 0 saturated heterocycles.